The van der Waals surface area contributed by atoms with Gasteiger partial charge in [-0.1, -0.05) is 29.3 Å². The first-order chi connectivity index (χ1) is 9.02. The molecule has 0 aromatic heterocycles. The predicted molar refractivity (Wildman–Crippen MR) is 78.7 cm³/mol. The van der Waals surface area contributed by atoms with Crippen molar-refractivity contribution in [3.63, 3.8) is 0 Å². The van der Waals surface area contributed by atoms with Crippen molar-refractivity contribution in [2.45, 2.75) is 37.3 Å². The Morgan fingerprint density at radius 1 is 1.26 bits per heavy atom. The van der Waals surface area contributed by atoms with E-state index in [9.17, 15) is 5.11 Å². The van der Waals surface area contributed by atoms with E-state index < -0.39 is 5.60 Å². The number of hydrogen-bond acceptors (Lipinski definition) is 2. The molecule has 3 atom stereocenters. The van der Waals surface area contributed by atoms with Crippen LogP contribution in [0.2, 0.25) is 10.0 Å². The van der Waals surface area contributed by atoms with Gasteiger partial charge in [-0.2, -0.15) is 0 Å². The Kier molecular flexibility index (Phi) is 3.55. The second-order valence-electron chi connectivity index (χ2n) is 5.89. The lowest BCUT2D eigenvalue weighted by molar-refractivity contribution is -0.0664. The molecule has 0 amide bonds. The summed E-state index contributed by atoms with van der Waals surface area (Å²) in [5.74, 6) is 0.309. The molecule has 1 saturated carbocycles. The zero-order valence-electron chi connectivity index (χ0n) is 11.1. The Bertz CT molecular complexity index is 493. The molecule has 1 saturated heterocycles. The van der Waals surface area contributed by atoms with Crippen LogP contribution in [-0.4, -0.2) is 29.6 Å². The quantitative estimate of drug-likeness (QED) is 0.855. The Hall–Kier alpha value is -0.280. The highest BCUT2D eigenvalue weighted by Crippen LogP contribution is 2.48. The third kappa shape index (κ3) is 2.19. The van der Waals surface area contributed by atoms with Crippen LogP contribution in [0.1, 0.15) is 31.2 Å². The maximum absolute atomic E-state index is 11.2. The number of hydrogen-bond donors (Lipinski definition) is 1. The van der Waals surface area contributed by atoms with Crippen LogP contribution < -0.4 is 0 Å². The fraction of sp³-hybridized carbons (Fsp3) is 0.600. The lowest BCUT2D eigenvalue weighted by Gasteiger charge is -2.43. The average Bonchev–Trinajstić information content (AvgIpc) is 2.76. The topological polar surface area (TPSA) is 23.5 Å². The lowest BCUT2D eigenvalue weighted by Crippen LogP contribution is -2.46. The van der Waals surface area contributed by atoms with Crippen molar-refractivity contribution < 1.29 is 5.11 Å². The van der Waals surface area contributed by atoms with Crippen LogP contribution in [0.4, 0.5) is 0 Å². The first kappa shape index (κ1) is 13.7. The van der Waals surface area contributed by atoms with Crippen LogP contribution in [0, 0.1) is 5.92 Å². The summed E-state index contributed by atoms with van der Waals surface area (Å²) in [5, 5.41) is 12.3. The van der Waals surface area contributed by atoms with Crippen LogP contribution in [0.3, 0.4) is 0 Å². The molecule has 3 unspecified atom stereocenters. The van der Waals surface area contributed by atoms with Crippen molar-refractivity contribution in [1.82, 2.24) is 4.90 Å². The molecule has 2 aliphatic rings. The molecule has 1 aliphatic carbocycles. The van der Waals surface area contributed by atoms with E-state index >= 15 is 0 Å². The fourth-order valence-corrected chi connectivity index (χ4v) is 4.17. The minimum atomic E-state index is -0.748. The summed E-state index contributed by atoms with van der Waals surface area (Å²) in [7, 11) is 2.16. The van der Waals surface area contributed by atoms with Crippen LogP contribution in [-0.2, 0) is 5.60 Å². The molecule has 1 aromatic carbocycles. The third-order valence-electron chi connectivity index (χ3n) is 4.91. The maximum atomic E-state index is 11.2. The van der Waals surface area contributed by atoms with Gasteiger partial charge in [-0.05, 0) is 57.0 Å². The Balaban J connectivity index is 1.99. The van der Waals surface area contributed by atoms with Gasteiger partial charge in [0, 0.05) is 12.0 Å². The van der Waals surface area contributed by atoms with Crippen molar-refractivity contribution in [1.29, 1.82) is 0 Å². The highest BCUT2D eigenvalue weighted by atomic mass is 35.5. The smallest absolute Gasteiger partial charge is 0.0940 e. The molecule has 19 heavy (non-hydrogen) atoms. The normalized spacial score (nSPS) is 35.4. The summed E-state index contributed by atoms with van der Waals surface area (Å²) in [6, 6.07) is 6.05. The molecule has 1 heterocycles. The lowest BCUT2D eigenvalue weighted by atomic mass is 9.69. The van der Waals surface area contributed by atoms with E-state index in [0.717, 1.165) is 31.4 Å². The number of nitrogens with zero attached hydrogens (tertiary/aromatic N) is 1. The van der Waals surface area contributed by atoms with Gasteiger partial charge in [0.2, 0.25) is 0 Å². The van der Waals surface area contributed by atoms with E-state index in [1.54, 1.807) is 6.07 Å². The van der Waals surface area contributed by atoms with E-state index in [2.05, 4.69) is 11.9 Å². The predicted octanol–water partition coefficient (Wildman–Crippen LogP) is 3.69. The largest absolute Gasteiger partial charge is 0.385 e. The van der Waals surface area contributed by atoms with Gasteiger partial charge in [0.25, 0.3) is 0 Å². The van der Waals surface area contributed by atoms with Gasteiger partial charge in [0.1, 0.15) is 0 Å². The standard InChI is InChI=1S/C15H19Cl2NO/c1-18-8-6-11-14(18)3-2-7-15(11,19)10-4-5-12(16)13(17)9-10/h4-5,9,11,14,19H,2-3,6-8H2,1H3. The average molecular weight is 300 g/mol. The number of fused-ring (bicyclic) bond motifs is 1. The van der Waals surface area contributed by atoms with Crippen LogP contribution in [0.5, 0.6) is 0 Å². The molecule has 2 nitrogen and oxygen atoms in total. The summed E-state index contributed by atoms with van der Waals surface area (Å²) >= 11 is 12.1. The number of halogens is 2. The second-order valence-corrected chi connectivity index (χ2v) is 6.70. The van der Waals surface area contributed by atoms with Crippen molar-refractivity contribution in [3.05, 3.63) is 33.8 Å². The van der Waals surface area contributed by atoms with E-state index in [1.807, 2.05) is 12.1 Å². The van der Waals surface area contributed by atoms with Gasteiger partial charge < -0.3 is 10.0 Å². The molecule has 1 N–H and O–H groups in total. The summed E-state index contributed by atoms with van der Waals surface area (Å²) in [6.07, 6.45) is 4.12. The van der Waals surface area contributed by atoms with Crippen molar-refractivity contribution in [3.8, 4) is 0 Å². The van der Waals surface area contributed by atoms with Crippen molar-refractivity contribution in [2.24, 2.45) is 5.92 Å². The minimum Gasteiger partial charge on any atom is -0.385 e. The van der Waals surface area contributed by atoms with Gasteiger partial charge in [-0.25, -0.2) is 0 Å². The Morgan fingerprint density at radius 2 is 2.05 bits per heavy atom. The number of aliphatic hydroxyl groups is 1. The molecule has 0 bridgehead atoms. The molecule has 3 rings (SSSR count). The minimum absolute atomic E-state index is 0.309. The number of benzene rings is 1. The Labute approximate surface area is 124 Å². The van der Waals surface area contributed by atoms with Gasteiger partial charge in [-0.15, -0.1) is 0 Å². The zero-order valence-corrected chi connectivity index (χ0v) is 12.6. The highest BCUT2D eigenvalue weighted by Gasteiger charge is 2.49. The van der Waals surface area contributed by atoms with Crippen molar-refractivity contribution in [2.75, 3.05) is 13.6 Å². The summed E-state index contributed by atoms with van der Waals surface area (Å²) < 4.78 is 0. The van der Waals surface area contributed by atoms with Crippen LogP contribution >= 0.6 is 23.2 Å². The summed E-state index contributed by atoms with van der Waals surface area (Å²) in [5.41, 5.74) is 0.175. The second kappa shape index (κ2) is 4.92. The summed E-state index contributed by atoms with van der Waals surface area (Å²) in [6.45, 7) is 1.07. The molecule has 2 fully saturated rings. The number of rotatable bonds is 1. The molecule has 1 aromatic rings. The molecule has 1 aliphatic heterocycles. The fourth-order valence-electron chi connectivity index (χ4n) is 3.88. The van der Waals surface area contributed by atoms with E-state index in [0.29, 0.717) is 22.0 Å². The Morgan fingerprint density at radius 3 is 2.79 bits per heavy atom. The van der Waals surface area contributed by atoms with Crippen LogP contribution in [0.15, 0.2) is 18.2 Å². The van der Waals surface area contributed by atoms with Gasteiger partial charge in [-0.3, -0.25) is 0 Å². The van der Waals surface area contributed by atoms with E-state index in [1.165, 1.54) is 6.42 Å². The van der Waals surface area contributed by atoms with E-state index in [-0.39, 0.29) is 0 Å². The SMILES string of the molecule is CN1CCC2C1CCCC2(O)c1ccc(Cl)c(Cl)c1. The highest BCUT2D eigenvalue weighted by molar-refractivity contribution is 6.42. The van der Waals surface area contributed by atoms with E-state index in [4.69, 9.17) is 23.2 Å². The van der Waals surface area contributed by atoms with Gasteiger partial charge in [0.15, 0.2) is 0 Å². The molecule has 0 radical (unpaired) electrons. The molecule has 104 valence electrons. The van der Waals surface area contributed by atoms with Crippen LogP contribution in [0.25, 0.3) is 0 Å². The first-order valence-electron chi connectivity index (χ1n) is 6.90. The number of likely N-dealkylation sites (tertiary alicyclic amines) is 1. The maximum Gasteiger partial charge on any atom is 0.0940 e. The monoisotopic (exact) mass is 299 g/mol. The molecular weight excluding hydrogens is 281 g/mol. The first-order valence-corrected chi connectivity index (χ1v) is 7.66. The molecular formula is C15H19Cl2NO. The van der Waals surface area contributed by atoms with Gasteiger partial charge in [0.05, 0.1) is 15.6 Å². The summed E-state index contributed by atoms with van der Waals surface area (Å²) in [4.78, 5) is 2.38. The zero-order chi connectivity index (χ0) is 13.6. The molecule has 0 spiro atoms. The molecule has 4 heteroatoms. The van der Waals surface area contributed by atoms with Gasteiger partial charge >= 0.3 is 0 Å². The van der Waals surface area contributed by atoms with Crippen molar-refractivity contribution >= 4 is 23.2 Å². The third-order valence-corrected chi connectivity index (χ3v) is 5.65.